The fourth-order valence-corrected chi connectivity index (χ4v) is 2.88. The first-order valence-corrected chi connectivity index (χ1v) is 9.18. The second-order valence-electron chi connectivity index (χ2n) is 6.37. The van der Waals surface area contributed by atoms with Gasteiger partial charge in [0, 0.05) is 0 Å². The van der Waals surface area contributed by atoms with E-state index in [9.17, 15) is 4.79 Å². The van der Waals surface area contributed by atoms with E-state index in [-0.39, 0.29) is 5.97 Å². The summed E-state index contributed by atoms with van der Waals surface area (Å²) in [6.45, 7) is 5.40. The van der Waals surface area contributed by atoms with E-state index in [4.69, 9.17) is 4.74 Å². The average molecular weight is 331 g/mol. The van der Waals surface area contributed by atoms with Crippen LogP contribution in [0.4, 0.5) is 0 Å². The van der Waals surface area contributed by atoms with E-state index >= 15 is 0 Å². The van der Waals surface area contributed by atoms with E-state index in [1.165, 1.54) is 19.3 Å². The number of carbonyl (C=O) groups excluding carboxylic acids is 1. The number of ether oxygens (including phenoxy) is 1. The van der Waals surface area contributed by atoms with Gasteiger partial charge in [-0.3, -0.25) is 4.79 Å². The van der Waals surface area contributed by atoms with Crippen LogP contribution in [0.1, 0.15) is 58.8 Å². The largest absolute Gasteiger partial charge is 0.465 e. The molecule has 1 atom stereocenters. The van der Waals surface area contributed by atoms with Gasteiger partial charge in [-0.15, -0.1) is 0 Å². The number of carbonyl (C=O) groups is 1. The molecule has 1 aromatic heterocycles. The quantitative estimate of drug-likeness (QED) is 0.453. The van der Waals surface area contributed by atoms with E-state index in [0.717, 1.165) is 30.3 Å². The zero-order valence-corrected chi connectivity index (χ0v) is 14.9. The van der Waals surface area contributed by atoms with Gasteiger partial charge in [-0.1, -0.05) is 51.7 Å². The van der Waals surface area contributed by atoms with Crippen LogP contribution in [0.25, 0.3) is 11.0 Å². The van der Waals surface area contributed by atoms with Crippen LogP contribution in [-0.2, 0) is 16.1 Å². The number of esters is 1. The molecule has 5 heteroatoms. The van der Waals surface area contributed by atoms with Crippen LogP contribution in [0, 0.1) is 5.92 Å². The summed E-state index contributed by atoms with van der Waals surface area (Å²) in [7, 11) is 0. The van der Waals surface area contributed by atoms with Gasteiger partial charge in [-0.25, -0.2) is 0 Å². The summed E-state index contributed by atoms with van der Waals surface area (Å²) in [4.78, 5) is 13.6. The van der Waals surface area contributed by atoms with Crippen LogP contribution in [0.15, 0.2) is 24.3 Å². The Hall–Kier alpha value is -1.91. The van der Waals surface area contributed by atoms with Gasteiger partial charge in [0.15, 0.2) is 0 Å². The Morgan fingerprint density at radius 3 is 2.42 bits per heavy atom. The molecule has 0 fully saturated rings. The third-order valence-electron chi connectivity index (χ3n) is 4.24. The first kappa shape index (κ1) is 18.4. The lowest BCUT2D eigenvalue weighted by atomic mass is 9.97. The molecule has 5 nitrogen and oxygen atoms in total. The number of rotatable bonds is 11. The van der Waals surface area contributed by atoms with Gasteiger partial charge in [0.25, 0.3) is 0 Å². The van der Waals surface area contributed by atoms with Crippen molar-refractivity contribution in [3.63, 3.8) is 0 Å². The normalized spacial score (nSPS) is 12.4. The number of fused-ring (bicyclic) bond motifs is 1. The molecule has 1 aromatic carbocycles. The maximum Gasteiger partial charge on any atom is 0.307 e. The lowest BCUT2D eigenvalue weighted by Gasteiger charge is -2.16. The van der Waals surface area contributed by atoms with Crippen LogP contribution >= 0.6 is 0 Å². The molecule has 0 aliphatic carbocycles. The smallest absolute Gasteiger partial charge is 0.307 e. The number of aromatic nitrogens is 3. The summed E-state index contributed by atoms with van der Waals surface area (Å²) < 4.78 is 5.48. The number of hydrogen-bond acceptors (Lipinski definition) is 4. The molecule has 0 spiro atoms. The fraction of sp³-hybridized carbons (Fsp3) is 0.632. The van der Waals surface area contributed by atoms with Gasteiger partial charge < -0.3 is 4.74 Å². The van der Waals surface area contributed by atoms with Crippen molar-refractivity contribution >= 4 is 17.0 Å². The molecule has 2 rings (SSSR count). The fourth-order valence-electron chi connectivity index (χ4n) is 2.88. The van der Waals surface area contributed by atoms with Crippen molar-refractivity contribution in [1.82, 2.24) is 15.0 Å². The molecule has 0 radical (unpaired) electrons. The lowest BCUT2D eigenvalue weighted by molar-refractivity contribution is -0.145. The van der Waals surface area contributed by atoms with Gasteiger partial charge in [-0.05, 0) is 30.9 Å². The number of nitrogens with zero attached hydrogens (tertiary/aromatic N) is 3. The minimum Gasteiger partial charge on any atom is -0.465 e. The number of benzene rings is 1. The van der Waals surface area contributed by atoms with Crippen LogP contribution in [0.2, 0.25) is 0 Å². The maximum atomic E-state index is 12.0. The highest BCUT2D eigenvalue weighted by atomic mass is 16.5. The minimum absolute atomic E-state index is 0.159. The lowest BCUT2D eigenvalue weighted by Crippen LogP contribution is -2.16. The second kappa shape index (κ2) is 10.1. The predicted molar refractivity (Wildman–Crippen MR) is 95.6 cm³/mol. The second-order valence-corrected chi connectivity index (χ2v) is 6.37. The summed E-state index contributed by atoms with van der Waals surface area (Å²) in [5, 5.41) is 8.71. The molecule has 132 valence electrons. The Bertz CT molecular complexity index is 591. The molecule has 1 heterocycles. The van der Waals surface area contributed by atoms with Crippen LogP contribution < -0.4 is 0 Å². The Morgan fingerprint density at radius 2 is 1.79 bits per heavy atom. The van der Waals surface area contributed by atoms with Crippen molar-refractivity contribution in [2.75, 3.05) is 6.61 Å². The molecule has 1 unspecified atom stereocenters. The maximum absolute atomic E-state index is 12.0. The summed E-state index contributed by atoms with van der Waals surface area (Å²) in [5.74, 6) is 0.337. The molecular formula is C19H29N3O2. The van der Waals surface area contributed by atoms with Crippen LogP contribution in [0.5, 0.6) is 0 Å². The summed E-state index contributed by atoms with van der Waals surface area (Å²) in [5.41, 5.74) is 1.70. The van der Waals surface area contributed by atoms with Crippen molar-refractivity contribution in [3.05, 3.63) is 24.3 Å². The highest BCUT2D eigenvalue weighted by molar-refractivity contribution is 5.73. The minimum atomic E-state index is -0.159. The first-order chi connectivity index (χ1) is 11.7. The van der Waals surface area contributed by atoms with Crippen molar-refractivity contribution in [1.29, 1.82) is 0 Å². The number of aryl methyl sites for hydroxylation is 1. The van der Waals surface area contributed by atoms with E-state index < -0.39 is 0 Å². The molecule has 0 bridgehead atoms. The van der Waals surface area contributed by atoms with Crippen molar-refractivity contribution in [2.24, 2.45) is 5.92 Å². The Morgan fingerprint density at radius 1 is 1.08 bits per heavy atom. The number of hydrogen-bond donors (Lipinski definition) is 0. The van der Waals surface area contributed by atoms with Crippen molar-refractivity contribution < 1.29 is 9.53 Å². The average Bonchev–Trinajstić information content (AvgIpc) is 3.01. The Kier molecular flexibility index (Phi) is 7.72. The zero-order valence-electron chi connectivity index (χ0n) is 14.9. The zero-order chi connectivity index (χ0) is 17.2. The predicted octanol–water partition coefficient (Wildman–Crippen LogP) is 4.36. The summed E-state index contributed by atoms with van der Waals surface area (Å²) >= 11 is 0. The molecule has 0 saturated carbocycles. The Balaban J connectivity index is 1.73. The molecule has 0 amide bonds. The monoisotopic (exact) mass is 331 g/mol. The standard InChI is InChI=1S/C19H29N3O2/c1-3-5-6-10-16(9-4-2)15-24-19(23)13-14-22-20-17-11-7-8-12-18(17)21-22/h7-8,11-12,16H,3-6,9-10,13-15H2,1-2H3. The van der Waals surface area contributed by atoms with E-state index in [0.29, 0.717) is 25.5 Å². The van der Waals surface area contributed by atoms with Gasteiger partial charge in [-0.2, -0.15) is 15.0 Å². The molecule has 0 saturated heterocycles. The molecule has 0 aliphatic rings. The SMILES string of the molecule is CCCCCC(CCC)COC(=O)CCn1nc2ccccc2n1. The van der Waals surface area contributed by atoms with Gasteiger partial charge in [0.2, 0.25) is 0 Å². The van der Waals surface area contributed by atoms with E-state index in [2.05, 4.69) is 24.0 Å². The summed E-state index contributed by atoms with van der Waals surface area (Å²) in [6, 6.07) is 7.70. The molecule has 0 N–H and O–H groups in total. The number of unbranched alkanes of at least 4 members (excludes halogenated alkanes) is 2. The van der Waals surface area contributed by atoms with Crippen molar-refractivity contribution in [3.8, 4) is 0 Å². The third kappa shape index (κ3) is 5.95. The first-order valence-electron chi connectivity index (χ1n) is 9.18. The van der Waals surface area contributed by atoms with Crippen LogP contribution in [0.3, 0.4) is 0 Å². The van der Waals surface area contributed by atoms with Gasteiger partial charge in [0.1, 0.15) is 11.0 Å². The summed E-state index contributed by atoms with van der Waals surface area (Å²) in [6.07, 6.45) is 7.44. The highest BCUT2D eigenvalue weighted by Gasteiger charge is 2.12. The third-order valence-corrected chi connectivity index (χ3v) is 4.24. The van der Waals surface area contributed by atoms with Gasteiger partial charge >= 0.3 is 5.97 Å². The highest BCUT2D eigenvalue weighted by Crippen LogP contribution is 2.16. The van der Waals surface area contributed by atoms with Crippen molar-refractivity contribution in [2.45, 2.75) is 65.3 Å². The molecular weight excluding hydrogens is 302 g/mol. The van der Waals surface area contributed by atoms with E-state index in [1.54, 1.807) is 4.80 Å². The Labute approximate surface area is 144 Å². The topological polar surface area (TPSA) is 57.0 Å². The molecule has 2 aromatic rings. The molecule has 0 aliphatic heterocycles. The van der Waals surface area contributed by atoms with E-state index in [1.807, 2.05) is 24.3 Å². The van der Waals surface area contributed by atoms with Gasteiger partial charge in [0.05, 0.1) is 19.6 Å². The molecule has 24 heavy (non-hydrogen) atoms. The van der Waals surface area contributed by atoms with Crippen LogP contribution in [-0.4, -0.2) is 27.6 Å².